The molecular weight excluding hydrogens is 338 g/mol. The van der Waals surface area contributed by atoms with Gasteiger partial charge in [0.1, 0.15) is 5.40 Å². The number of rotatable bonds is 5. The second-order valence-corrected chi connectivity index (χ2v) is 7.46. The second-order valence-electron chi connectivity index (χ2n) is 4.37. The van der Waals surface area contributed by atoms with Crippen LogP contribution < -0.4 is 11.1 Å². The molecular formula is C13H13N5OS3. The van der Waals surface area contributed by atoms with Crippen LogP contribution in [0.5, 0.6) is 0 Å². The lowest BCUT2D eigenvalue weighted by Crippen LogP contribution is -2.15. The summed E-state index contributed by atoms with van der Waals surface area (Å²) in [6.45, 7) is 3.81. The summed E-state index contributed by atoms with van der Waals surface area (Å²) >= 11 is 3.66. The van der Waals surface area contributed by atoms with Crippen LogP contribution in [0, 0.1) is 24.5 Å². The Morgan fingerprint density at radius 2 is 2.09 bits per heavy atom. The maximum Gasteiger partial charge on any atom is 0.234 e. The van der Waals surface area contributed by atoms with E-state index in [1.807, 2.05) is 31.4 Å². The van der Waals surface area contributed by atoms with Gasteiger partial charge in [-0.15, -0.1) is 10.2 Å². The number of nitrogen functional groups attached to an aromatic ring is 1. The Kier molecular flexibility index (Phi) is 5.65. The van der Waals surface area contributed by atoms with Crippen LogP contribution in [0.1, 0.15) is 11.1 Å². The number of aryl methyl sites for hydroxylation is 2. The van der Waals surface area contributed by atoms with E-state index in [4.69, 9.17) is 11.0 Å². The van der Waals surface area contributed by atoms with E-state index in [1.165, 1.54) is 23.1 Å². The molecule has 0 bridgehead atoms. The SMILES string of the molecule is Cc1cc(SC#N)cc(C)c1NC(=O)CSc1nnc(N)s1. The predicted molar refractivity (Wildman–Crippen MR) is 91.1 cm³/mol. The fourth-order valence-electron chi connectivity index (χ4n) is 1.81. The highest BCUT2D eigenvalue weighted by molar-refractivity contribution is 8.03. The molecule has 0 aliphatic rings. The number of thioether (sulfide) groups is 2. The average Bonchev–Trinajstić information content (AvgIpc) is 2.87. The highest BCUT2D eigenvalue weighted by atomic mass is 32.2. The zero-order valence-corrected chi connectivity index (χ0v) is 14.4. The summed E-state index contributed by atoms with van der Waals surface area (Å²) in [6, 6.07) is 3.77. The summed E-state index contributed by atoms with van der Waals surface area (Å²) in [5.41, 5.74) is 8.13. The Morgan fingerprint density at radius 1 is 1.41 bits per heavy atom. The molecule has 0 unspecified atom stereocenters. The van der Waals surface area contributed by atoms with Crippen molar-refractivity contribution in [2.75, 3.05) is 16.8 Å². The molecule has 2 rings (SSSR count). The molecule has 22 heavy (non-hydrogen) atoms. The first kappa shape index (κ1) is 16.6. The van der Waals surface area contributed by atoms with E-state index in [-0.39, 0.29) is 11.7 Å². The van der Waals surface area contributed by atoms with Gasteiger partial charge in [-0.3, -0.25) is 4.79 Å². The summed E-state index contributed by atoms with van der Waals surface area (Å²) < 4.78 is 0.668. The summed E-state index contributed by atoms with van der Waals surface area (Å²) in [5.74, 6) is 0.119. The maximum atomic E-state index is 12.0. The fraction of sp³-hybridized carbons (Fsp3) is 0.231. The lowest BCUT2D eigenvalue weighted by Gasteiger charge is -2.12. The Bertz CT molecular complexity index is 715. The Hall–Kier alpha value is -1.76. The molecule has 0 fully saturated rings. The molecule has 114 valence electrons. The number of amides is 1. The van der Waals surface area contributed by atoms with E-state index in [0.717, 1.165) is 33.5 Å². The Balaban J connectivity index is 2.00. The number of carbonyl (C=O) groups excluding carboxylic acids is 1. The van der Waals surface area contributed by atoms with Crippen molar-refractivity contribution in [3.8, 4) is 5.40 Å². The number of aromatic nitrogens is 2. The molecule has 0 saturated heterocycles. The lowest BCUT2D eigenvalue weighted by molar-refractivity contribution is -0.113. The van der Waals surface area contributed by atoms with Gasteiger partial charge in [0.05, 0.1) is 5.75 Å². The van der Waals surface area contributed by atoms with Gasteiger partial charge >= 0.3 is 0 Å². The summed E-state index contributed by atoms with van der Waals surface area (Å²) in [7, 11) is 0. The fourth-order valence-corrected chi connectivity index (χ4v) is 3.83. The van der Waals surface area contributed by atoms with Gasteiger partial charge in [-0.25, -0.2) is 0 Å². The number of benzene rings is 1. The molecule has 0 aliphatic heterocycles. The molecule has 1 aromatic carbocycles. The smallest absolute Gasteiger partial charge is 0.234 e. The molecule has 9 heteroatoms. The van der Waals surface area contributed by atoms with E-state index in [1.54, 1.807) is 0 Å². The molecule has 3 N–H and O–H groups in total. The van der Waals surface area contributed by atoms with Gasteiger partial charge in [0.2, 0.25) is 11.0 Å². The number of nitrogens with zero attached hydrogens (tertiary/aromatic N) is 3. The van der Waals surface area contributed by atoms with Crippen molar-refractivity contribution < 1.29 is 4.79 Å². The number of hydrogen-bond donors (Lipinski definition) is 2. The Labute approximate surface area is 140 Å². The van der Waals surface area contributed by atoms with Crippen LogP contribution in [0.2, 0.25) is 0 Å². The predicted octanol–water partition coefficient (Wildman–Crippen LogP) is 3.04. The van der Waals surface area contributed by atoms with Crippen LogP contribution in [-0.4, -0.2) is 21.9 Å². The van der Waals surface area contributed by atoms with Gasteiger partial charge in [-0.05, 0) is 48.9 Å². The number of nitriles is 1. The molecule has 0 spiro atoms. The topological polar surface area (TPSA) is 105 Å². The normalized spacial score (nSPS) is 10.2. The first-order valence-corrected chi connectivity index (χ1v) is 8.80. The number of carbonyl (C=O) groups is 1. The van der Waals surface area contributed by atoms with Crippen molar-refractivity contribution in [2.45, 2.75) is 23.1 Å². The first-order valence-electron chi connectivity index (χ1n) is 6.18. The molecule has 1 aromatic heterocycles. The van der Waals surface area contributed by atoms with E-state index in [9.17, 15) is 4.79 Å². The van der Waals surface area contributed by atoms with Gasteiger partial charge in [0.15, 0.2) is 4.34 Å². The molecule has 0 radical (unpaired) electrons. The van der Waals surface area contributed by atoms with Crippen LogP contribution in [0.3, 0.4) is 0 Å². The van der Waals surface area contributed by atoms with E-state index in [2.05, 4.69) is 15.5 Å². The minimum atomic E-state index is -0.120. The van der Waals surface area contributed by atoms with Gasteiger partial charge in [0, 0.05) is 10.6 Å². The zero-order chi connectivity index (χ0) is 16.1. The average molecular weight is 351 g/mol. The number of hydrogen-bond acceptors (Lipinski definition) is 8. The first-order chi connectivity index (χ1) is 10.5. The Morgan fingerprint density at radius 3 is 2.64 bits per heavy atom. The van der Waals surface area contributed by atoms with Crippen LogP contribution in [0.4, 0.5) is 10.8 Å². The zero-order valence-electron chi connectivity index (χ0n) is 11.9. The van der Waals surface area contributed by atoms with E-state index < -0.39 is 0 Å². The number of thiocyanates is 1. The summed E-state index contributed by atoms with van der Waals surface area (Å²) in [5, 5.41) is 21.6. The third-order valence-corrected chi connectivity index (χ3v) is 5.13. The molecule has 6 nitrogen and oxygen atoms in total. The second kappa shape index (κ2) is 7.49. The third kappa shape index (κ3) is 4.37. The van der Waals surface area contributed by atoms with Crippen LogP contribution >= 0.6 is 34.9 Å². The van der Waals surface area contributed by atoms with Gasteiger partial charge in [-0.1, -0.05) is 23.1 Å². The molecule has 0 saturated carbocycles. The highest BCUT2D eigenvalue weighted by Gasteiger charge is 2.11. The number of nitrogens with one attached hydrogen (secondary N) is 1. The van der Waals surface area contributed by atoms with Crippen molar-refractivity contribution in [3.05, 3.63) is 23.3 Å². The maximum absolute atomic E-state index is 12.0. The minimum Gasteiger partial charge on any atom is -0.374 e. The number of nitrogens with two attached hydrogens (primary N) is 1. The van der Waals surface area contributed by atoms with Crippen molar-refractivity contribution in [1.29, 1.82) is 5.26 Å². The van der Waals surface area contributed by atoms with Crippen LogP contribution in [-0.2, 0) is 4.79 Å². The quantitative estimate of drug-likeness (QED) is 0.630. The van der Waals surface area contributed by atoms with Crippen molar-refractivity contribution in [3.63, 3.8) is 0 Å². The van der Waals surface area contributed by atoms with Crippen molar-refractivity contribution in [1.82, 2.24) is 10.2 Å². The molecule has 1 heterocycles. The number of anilines is 2. The van der Waals surface area contributed by atoms with Crippen LogP contribution in [0.25, 0.3) is 0 Å². The van der Waals surface area contributed by atoms with E-state index >= 15 is 0 Å². The van der Waals surface area contributed by atoms with Gasteiger partial charge in [-0.2, -0.15) is 5.26 Å². The minimum absolute atomic E-state index is 0.120. The monoisotopic (exact) mass is 351 g/mol. The molecule has 2 aromatic rings. The van der Waals surface area contributed by atoms with Gasteiger partial charge in [0.25, 0.3) is 0 Å². The van der Waals surface area contributed by atoms with Crippen molar-refractivity contribution >= 4 is 51.6 Å². The van der Waals surface area contributed by atoms with Crippen molar-refractivity contribution in [2.24, 2.45) is 0 Å². The molecule has 0 aliphatic carbocycles. The standard InChI is InChI=1S/C13H13N5OS3/c1-7-3-9(21-6-14)4-8(2)11(7)16-10(19)5-20-13-18-17-12(15)22-13/h3-4H,5H2,1-2H3,(H2,15,17)(H,16,19). The highest BCUT2D eigenvalue weighted by Crippen LogP contribution is 2.28. The van der Waals surface area contributed by atoms with Crippen LogP contribution in [0.15, 0.2) is 21.4 Å². The molecule has 0 atom stereocenters. The molecule has 1 amide bonds. The van der Waals surface area contributed by atoms with E-state index in [0.29, 0.717) is 9.47 Å². The summed E-state index contributed by atoms with van der Waals surface area (Å²) in [4.78, 5) is 12.9. The third-order valence-electron chi connectivity index (χ3n) is 2.68. The van der Waals surface area contributed by atoms with Gasteiger partial charge < -0.3 is 11.1 Å². The summed E-state index contributed by atoms with van der Waals surface area (Å²) in [6.07, 6.45) is 0. The largest absolute Gasteiger partial charge is 0.374 e. The lowest BCUT2D eigenvalue weighted by atomic mass is 10.1.